The fourth-order valence-corrected chi connectivity index (χ4v) is 3.59. The van der Waals surface area contributed by atoms with Gasteiger partial charge in [0.2, 0.25) is 5.79 Å². The van der Waals surface area contributed by atoms with Gasteiger partial charge in [0.1, 0.15) is 37.7 Å². The Kier molecular flexibility index (Phi) is 5.41. The third kappa shape index (κ3) is 4.07. The van der Waals surface area contributed by atoms with Crippen LogP contribution >= 0.6 is 23.2 Å². The number of nitrogens with zero attached hydrogens (tertiary/aromatic N) is 3. The van der Waals surface area contributed by atoms with Gasteiger partial charge in [-0.25, -0.2) is 9.67 Å². The van der Waals surface area contributed by atoms with Crippen LogP contribution in [0.15, 0.2) is 55.1 Å². The highest BCUT2D eigenvalue weighted by Gasteiger charge is 2.45. The summed E-state index contributed by atoms with van der Waals surface area (Å²) in [6.07, 6.45) is 2.75. The number of nitrogens with two attached hydrogens (primary N) is 1. The lowest BCUT2D eigenvalue weighted by Gasteiger charge is -2.29. The van der Waals surface area contributed by atoms with Crippen molar-refractivity contribution in [1.82, 2.24) is 14.8 Å². The van der Waals surface area contributed by atoms with E-state index in [0.717, 1.165) is 0 Å². The predicted octanol–water partition coefficient (Wildman–Crippen LogP) is 3.51. The fraction of sp³-hybridized carbons (Fsp3) is 0.263. The Bertz CT molecular complexity index is 937. The van der Waals surface area contributed by atoms with Gasteiger partial charge in [-0.15, -0.1) is 0 Å². The molecule has 0 radical (unpaired) electrons. The van der Waals surface area contributed by atoms with Crippen molar-refractivity contribution in [3.63, 3.8) is 0 Å². The molecule has 0 aliphatic carbocycles. The molecule has 0 amide bonds. The minimum Gasteiger partial charge on any atom is -0.491 e. The van der Waals surface area contributed by atoms with Crippen LogP contribution in [-0.4, -0.2) is 34.1 Å². The van der Waals surface area contributed by atoms with Gasteiger partial charge in [-0.3, -0.25) is 0 Å². The van der Waals surface area contributed by atoms with Crippen molar-refractivity contribution in [2.75, 3.05) is 18.9 Å². The summed E-state index contributed by atoms with van der Waals surface area (Å²) in [4.78, 5) is 3.98. The highest BCUT2D eigenvalue weighted by Crippen LogP contribution is 2.40. The van der Waals surface area contributed by atoms with E-state index in [1.807, 2.05) is 12.1 Å². The second-order valence-corrected chi connectivity index (χ2v) is 7.24. The molecule has 4 rings (SSSR count). The van der Waals surface area contributed by atoms with Gasteiger partial charge in [0.15, 0.2) is 0 Å². The van der Waals surface area contributed by atoms with E-state index in [4.69, 9.17) is 43.1 Å². The molecule has 0 unspecified atom stereocenters. The number of hydrogen-bond donors (Lipinski definition) is 1. The number of halogens is 2. The Morgan fingerprint density at radius 1 is 1.21 bits per heavy atom. The SMILES string of the molecule is Nc1ccc(OC[C@H]2CO[C@](Cn3cncn3)(c3ccc(Cl)cc3Cl)O2)cc1. The summed E-state index contributed by atoms with van der Waals surface area (Å²) in [5.74, 6) is -0.416. The lowest BCUT2D eigenvalue weighted by molar-refractivity contribution is -0.190. The summed E-state index contributed by atoms with van der Waals surface area (Å²) < 4.78 is 19.8. The van der Waals surface area contributed by atoms with E-state index in [2.05, 4.69) is 10.1 Å². The molecule has 0 saturated carbocycles. The molecule has 0 spiro atoms. The molecule has 1 aliphatic rings. The van der Waals surface area contributed by atoms with Crippen molar-refractivity contribution in [3.05, 3.63) is 70.7 Å². The van der Waals surface area contributed by atoms with E-state index in [1.54, 1.807) is 41.3 Å². The Morgan fingerprint density at radius 2 is 2.04 bits per heavy atom. The van der Waals surface area contributed by atoms with Crippen molar-refractivity contribution < 1.29 is 14.2 Å². The minimum atomic E-state index is -1.12. The quantitative estimate of drug-likeness (QED) is 0.614. The van der Waals surface area contributed by atoms with Gasteiger partial charge in [0.25, 0.3) is 0 Å². The molecule has 1 aromatic heterocycles. The summed E-state index contributed by atoms with van der Waals surface area (Å²) >= 11 is 12.5. The maximum Gasteiger partial charge on any atom is 0.217 e. The van der Waals surface area contributed by atoms with E-state index >= 15 is 0 Å². The number of hydrogen-bond acceptors (Lipinski definition) is 6. The first-order valence-electron chi connectivity index (χ1n) is 8.62. The smallest absolute Gasteiger partial charge is 0.217 e. The van der Waals surface area contributed by atoms with Gasteiger partial charge in [-0.2, -0.15) is 5.10 Å². The second kappa shape index (κ2) is 7.97. The first-order chi connectivity index (χ1) is 13.5. The van der Waals surface area contributed by atoms with Crippen LogP contribution in [0, 0.1) is 0 Å². The Morgan fingerprint density at radius 3 is 2.75 bits per heavy atom. The number of aromatic nitrogens is 3. The molecule has 7 nitrogen and oxygen atoms in total. The van der Waals surface area contributed by atoms with Crippen molar-refractivity contribution in [1.29, 1.82) is 0 Å². The van der Waals surface area contributed by atoms with E-state index in [-0.39, 0.29) is 12.6 Å². The van der Waals surface area contributed by atoms with E-state index in [0.29, 0.717) is 40.3 Å². The highest BCUT2D eigenvalue weighted by molar-refractivity contribution is 6.35. The highest BCUT2D eigenvalue weighted by atomic mass is 35.5. The van der Waals surface area contributed by atoms with Crippen LogP contribution in [-0.2, 0) is 21.8 Å². The zero-order valence-electron chi connectivity index (χ0n) is 14.8. The number of nitrogen functional groups attached to an aromatic ring is 1. The standard InChI is InChI=1S/C19H18Cl2N4O3/c20-13-1-6-17(18(21)7-13)19(10-25-12-23-11-24-25)27-9-16(28-19)8-26-15-4-2-14(22)3-5-15/h1-7,11-12,16H,8-10,22H2/t16-,19-/m0/s1. The molecular formula is C19H18Cl2N4O3. The van der Waals surface area contributed by atoms with Crippen molar-refractivity contribution in [3.8, 4) is 5.75 Å². The third-order valence-corrected chi connectivity index (χ3v) is 4.90. The lowest BCUT2D eigenvalue weighted by Crippen LogP contribution is -2.35. The van der Waals surface area contributed by atoms with E-state index in [1.165, 1.54) is 6.33 Å². The molecule has 0 bridgehead atoms. The lowest BCUT2D eigenvalue weighted by atomic mass is 10.1. The molecule has 28 heavy (non-hydrogen) atoms. The van der Waals surface area contributed by atoms with Crippen molar-refractivity contribution >= 4 is 28.9 Å². The minimum absolute atomic E-state index is 0.284. The van der Waals surface area contributed by atoms with Gasteiger partial charge in [0, 0.05) is 16.3 Å². The van der Waals surface area contributed by atoms with E-state index < -0.39 is 5.79 Å². The largest absolute Gasteiger partial charge is 0.491 e. The van der Waals surface area contributed by atoms with Crippen LogP contribution in [0.4, 0.5) is 5.69 Å². The maximum atomic E-state index is 6.44. The third-order valence-electron chi connectivity index (χ3n) is 4.35. The first kappa shape index (κ1) is 19.0. The molecule has 2 atom stereocenters. The summed E-state index contributed by atoms with van der Waals surface area (Å²) in [6.45, 7) is 0.934. The fourth-order valence-electron chi connectivity index (χ4n) is 3.04. The second-order valence-electron chi connectivity index (χ2n) is 6.40. The van der Waals surface area contributed by atoms with Crippen LogP contribution in [0.3, 0.4) is 0 Å². The summed E-state index contributed by atoms with van der Waals surface area (Å²) in [7, 11) is 0. The van der Waals surface area contributed by atoms with Crippen LogP contribution in [0.2, 0.25) is 10.0 Å². The molecule has 1 saturated heterocycles. The average molecular weight is 421 g/mol. The van der Waals surface area contributed by atoms with Crippen LogP contribution in [0.1, 0.15) is 5.56 Å². The van der Waals surface area contributed by atoms with Gasteiger partial charge < -0.3 is 19.9 Å². The molecule has 2 aromatic carbocycles. The van der Waals surface area contributed by atoms with Crippen molar-refractivity contribution in [2.24, 2.45) is 0 Å². The van der Waals surface area contributed by atoms with Crippen LogP contribution < -0.4 is 10.5 Å². The van der Waals surface area contributed by atoms with Crippen LogP contribution in [0.5, 0.6) is 5.75 Å². The molecule has 3 aromatic rings. The summed E-state index contributed by atoms with van der Waals surface area (Å²) in [5, 5.41) is 5.14. The Labute approximate surface area is 171 Å². The van der Waals surface area contributed by atoms with Crippen molar-refractivity contribution in [2.45, 2.75) is 18.4 Å². The molecule has 1 fully saturated rings. The number of anilines is 1. The topological polar surface area (TPSA) is 84.4 Å². The number of rotatable bonds is 6. The average Bonchev–Trinajstić information content (AvgIpc) is 3.32. The Hall–Kier alpha value is -2.32. The predicted molar refractivity (Wildman–Crippen MR) is 105 cm³/mol. The van der Waals surface area contributed by atoms with Gasteiger partial charge in [-0.05, 0) is 36.4 Å². The molecule has 146 valence electrons. The van der Waals surface area contributed by atoms with Gasteiger partial charge >= 0.3 is 0 Å². The molecule has 2 heterocycles. The molecular weight excluding hydrogens is 403 g/mol. The van der Waals surface area contributed by atoms with E-state index in [9.17, 15) is 0 Å². The zero-order chi connectivity index (χ0) is 19.6. The molecule has 9 heteroatoms. The normalized spacial score (nSPS) is 21.7. The zero-order valence-corrected chi connectivity index (χ0v) is 16.3. The van der Waals surface area contributed by atoms with Gasteiger partial charge in [0.05, 0.1) is 11.6 Å². The van der Waals surface area contributed by atoms with Gasteiger partial charge in [-0.1, -0.05) is 29.3 Å². The summed E-state index contributed by atoms with van der Waals surface area (Å²) in [5.41, 5.74) is 7.05. The first-order valence-corrected chi connectivity index (χ1v) is 9.38. The maximum absolute atomic E-state index is 6.44. The number of ether oxygens (including phenoxy) is 3. The van der Waals surface area contributed by atoms with Crippen LogP contribution in [0.25, 0.3) is 0 Å². The number of benzene rings is 2. The molecule has 1 aliphatic heterocycles. The molecule has 2 N–H and O–H groups in total. The Balaban J connectivity index is 1.54. The summed E-state index contributed by atoms with van der Waals surface area (Å²) in [6, 6.07) is 12.4. The monoisotopic (exact) mass is 420 g/mol.